The molecule has 1 heterocycles. The standard InChI is InChI=1S/C14H26N4O3/c1-11-12(2)21-13(18-11)10-17-14(15-3)16-6-5-7-20-9-8-19-4/h5-10H2,1-4H3,(H2,15,16,17). The summed E-state index contributed by atoms with van der Waals surface area (Å²) >= 11 is 0. The maximum atomic E-state index is 5.50. The number of oxazole rings is 1. The monoisotopic (exact) mass is 298 g/mol. The molecule has 0 aliphatic heterocycles. The molecular weight excluding hydrogens is 272 g/mol. The molecule has 0 aliphatic carbocycles. The first kappa shape index (κ1) is 17.5. The fourth-order valence-electron chi connectivity index (χ4n) is 1.62. The Labute approximate surface area is 126 Å². The molecule has 0 spiro atoms. The van der Waals surface area contributed by atoms with Gasteiger partial charge in [-0.3, -0.25) is 4.99 Å². The lowest BCUT2D eigenvalue weighted by Crippen LogP contribution is -2.37. The van der Waals surface area contributed by atoms with E-state index in [1.165, 1.54) is 0 Å². The van der Waals surface area contributed by atoms with Crippen molar-refractivity contribution in [3.63, 3.8) is 0 Å². The molecule has 7 heteroatoms. The highest BCUT2D eigenvalue weighted by atomic mass is 16.5. The molecule has 0 amide bonds. The van der Waals surface area contributed by atoms with Crippen LogP contribution in [0.25, 0.3) is 0 Å². The molecule has 0 radical (unpaired) electrons. The molecule has 0 atom stereocenters. The number of methoxy groups -OCH3 is 1. The molecule has 0 aromatic carbocycles. The van der Waals surface area contributed by atoms with Crippen LogP contribution < -0.4 is 10.6 Å². The quantitative estimate of drug-likeness (QED) is 0.402. The van der Waals surface area contributed by atoms with Crippen molar-refractivity contribution in [1.82, 2.24) is 15.6 Å². The van der Waals surface area contributed by atoms with Crippen LogP contribution in [0, 0.1) is 13.8 Å². The highest BCUT2D eigenvalue weighted by Crippen LogP contribution is 2.07. The average molecular weight is 298 g/mol. The van der Waals surface area contributed by atoms with Crippen LogP contribution in [0.15, 0.2) is 9.41 Å². The number of hydrogen-bond acceptors (Lipinski definition) is 5. The average Bonchev–Trinajstić information content (AvgIpc) is 2.80. The van der Waals surface area contributed by atoms with Crippen molar-refractivity contribution < 1.29 is 13.9 Å². The number of nitrogens with zero attached hydrogens (tertiary/aromatic N) is 2. The summed E-state index contributed by atoms with van der Waals surface area (Å²) < 4.78 is 15.8. The normalized spacial score (nSPS) is 11.7. The second kappa shape index (κ2) is 10.2. The number of ether oxygens (including phenoxy) is 2. The minimum absolute atomic E-state index is 0.513. The first-order valence-corrected chi connectivity index (χ1v) is 7.11. The molecule has 0 bridgehead atoms. The number of guanidine groups is 1. The van der Waals surface area contributed by atoms with Crippen molar-refractivity contribution in [2.24, 2.45) is 4.99 Å². The molecule has 2 N–H and O–H groups in total. The first-order valence-electron chi connectivity index (χ1n) is 7.11. The van der Waals surface area contributed by atoms with Gasteiger partial charge in [-0.1, -0.05) is 0 Å². The molecule has 1 aromatic heterocycles. The lowest BCUT2D eigenvalue weighted by molar-refractivity contribution is 0.0698. The van der Waals surface area contributed by atoms with Crippen molar-refractivity contribution in [2.75, 3.05) is 40.5 Å². The van der Waals surface area contributed by atoms with Gasteiger partial charge in [0.15, 0.2) is 5.96 Å². The van der Waals surface area contributed by atoms with E-state index < -0.39 is 0 Å². The van der Waals surface area contributed by atoms with E-state index in [9.17, 15) is 0 Å². The number of aliphatic imine (C=N–C) groups is 1. The van der Waals surface area contributed by atoms with Crippen LogP contribution >= 0.6 is 0 Å². The van der Waals surface area contributed by atoms with Crippen LogP contribution in [-0.2, 0) is 16.0 Å². The molecule has 0 aliphatic rings. The van der Waals surface area contributed by atoms with Crippen molar-refractivity contribution >= 4 is 5.96 Å². The molecule has 21 heavy (non-hydrogen) atoms. The summed E-state index contributed by atoms with van der Waals surface area (Å²) in [6, 6.07) is 0. The van der Waals surface area contributed by atoms with Crippen LogP contribution in [0.5, 0.6) is 0 Å². The zero-order valence-electron chi connectivity index (χ0n) is 13.4. The number of hydrogen-bond donors (Lipinski definition) is 2. The predicted molar refractivity (Wildman–Crippen MR) is 81.5 cm³/mol. The minimum Gasteiger partial charge on any atom is -0.444 e. The third kappa shape index (κ3) is 7.10. The maximum absolute atomic E-state index is 5.50. The van der Waals surface area contributed by atoms with Crippen molar-refractivity contribution in [3.05, 3.63) is 17.3 Å². The summed E-state index contributed by atoms with van der Waals surface area (Å²) in [5, 5.41) is 6.37. The van der Waals surface area contributed by atoms with Gasteiger partial charge < -0.3 is 24.5 Å². The van der Waals surface area contributed by atoms with E-state index in [1.54, 1.807) is 14.2 Å². The van der Waals surface area contributed by atoms with Crippen LogP contribution in [0.3, 0.4) is 0 Å². The molecule has 0 fully saturated rings. The van der Waals surface area contributed by atoms with Gasteiger partial charge in [-0.05, 0) is 20.3 Å². The van der Waals surface area contributed by atoms with E-state index in [4.69, 9.17) is 13.9 Å². The van der Waals surface area contributed by atoms with Gasteiger partial charge >= 0.3 is 0 Å². The summed E-state index contributed by atoms with van der Waals surface area (Å²) in [6.07, 6.45) is 0.904. The van der Waals surface area contributed by atoms with Gasteiger partial charge in [0.05, 0.1) is 25.5 Å². The Kier molecular flexibility index (Phi) is 8.45. The summed E-state index contributed by atoms with van der Waals surface area (Å²) in [5.74, 6) is 2.24. The maximum Gasteiger partial charge on any atom is 0.214 e. The van der Waals surface area contributed by atoms with Crippen LogP contribution in [-0.4, -0.2) is 51.5 Å². The van der Waals surface area contributed by atoms with E-state index in [1.807, 2.05) is 13.8 Å². The third-order valence-electron chi connectivity index (χ3n) is 2.89. The van der Waals surface area contributed by atoms with Crippen LogP contribution in [0.2, 0.25) is 0 Å². The Morgan fingerprint density at radius 2 is 2.05 bits per heavy atom. The summed E-state index contributed by atoms with van der Waals surface area (Å²) in [5.41, 5.74) is 0.919. The van der Waals surface area contributed by atoms with Crippen molar-refractivity contribution in [1.29, 1.82) is 0 Å². The Morgan fingerprint density at radius 1 is 1.24 bits per heavy atom. The van der Waals surface area contributed by atoms with Gasteiger partial charge in [0, 0.05) is 27.3 Å². The fraction of sp³-hybridized carbons (Fsp3) is 0.714. The van der Waals surface area contributed by atoms with Crippen molar-refractivity contribution in [2.45, 2.75) is 26.8 Å². The lowest BCUT2D eigenvalue weighted by Gasteiger charge is -2.10. The van der Waals surface area contributed by atoms with Gasteiger partial charge in [0.25, 0.3) is 0 Å². The predicted octanol–water partition coefficient (Wildman–Crippen LogP) is 1.01. The molecule has 0 saturated heterocycles. The lowest BCUT2D eigenvalue weighted by atomic mass is 10.4. The molecule has 0 unspecified atom stereocenters. The van der Waals surface area contributed by atoms with Crippen LogP contribution in [0.4, 0.5) is 0 Å². The second-order valence-corrected chi connectivity index (χ2v) is 4.56. The van der Waals surface area contributed by atoms with E-state index >= 15 is 0 Å². The number of rotatable bonds is 9. The Bertz CT molecular complexity index is 412. The summed E-state index contributed by atoms with van der Waals surface area (Å²) in [7, 11) is 3.40. The Hall–Kier alpha value is -1.60. The first-order chi connectivity index (χ1) is 10.2. The molecule has 1 rings (SSSR count). The van der Waals surface area contributed by atoms with Crippen LogP contribution in [0.1, 0.15) is 23.8 Å². The smallest absolute Gasteiger partial charge is 0.214 e. The Balaban J connectivity index is 2.14. The van der Waals surface area contributed by atoms with E-state index in [2.05, 4.69) is 20.6 Å². The van der Waals surface area contributed by atoms with Gasteiger partial charge in [-0.2, -0.15) is 0 Å². The van der Waals surface area contributed by atoms with E-state index in [0.717, 1.165) is 30.4 Å². The zero-order valence-corrected chi connectivity index (χ0v) is 13.4. The molecular formula is C14H26N4O3. The van der Waals surface area contributed by atoms with Crippen molar-refractivity contribution in [3.8, 4) is 0 Å². The van der Waals surface area contributed by atoms with Gasteiger partial charge in [-0.25, -0.2) is 4.98 Å². The van der Waals surface area contributed by atoms with E-state index in [-0.39, 0.29) is 0 Å². The second-order valence-electron chi connectivity index (χ2n) is 4.56. The molecule has 1 aromatic rings. The SMILES string of the molecule is CN=C(NCCCOCCOC)NCc1nc(C)c(C)o1. The molecule has 0 saturated carbocycles. The highest BCUT2D eigenvalue weighted by Gasteiger charge is 2.06. The molecule has 7 nitrogen and oxygen atoms in total. The topological polar surface area (TPSA) is 80.9 Å². The minimum atomic E-state index is 0.513. The Morgan fingerprint density at radius 3 is 2.67 bits per heavy atom. The summed E-state index contributed by atoms with van der Waals surface area (Å²) in [6.45, 7) is 7.10. The third-order valence-corrected chi connectivity index (χ3v) is 2.89. The number of nitrogens with one attached hydrogen (secondary N) is 2. The number of aromatic nitrogens is 1. The zero-order chi connectivity index (χ0) is 15.5. The highest BCUT2D eigenvalue weighted by molar-refractivity contribution is 5.79. The molecule has 120 valence electrons. The largest absolute Gasteiger partial charge is 0.444 e. The van der Waals surface area contributed by atoms with Gasteiger partial charge in [-0.15, -0.1) is 0 Å². The van der Waals surface area contributed by atoms with E-state index in [0.29, 0.717) is 32.3 Å². The summed E-state index contributed by atoms with van der Waals surface area (Å²) in [4.78, 5) is 8.45. The fourth-order valence-corrected chi connectivity index (χ4v) is 1.62. The van der Waals surface area contributed by atoms with Gasteiger partial charge in [0.1, 0.15) is 5.76 Å². The number of aryl methyl sites for hydroxylation is 2. The van der Waals surface area contributed by atoms with Gasteiger partial charge in [0.2, 0.25) is 5.89 Å².